The van der Waals surface area contributed by atoms with Gasteiger partial charge in [0, 0.05) is 37.2 Å². The number of rotatable bonds is 5. The van der Waals surface area contributed by atoms with Crippen LogP contribution in [-0.2, 0) is 0 Å². The van der Waals surface area contributed by atoms with E-state index in [4.69, 9.17) is 0 Å². The minimum Gasteiger partial charge on any atom is -0.310 e. The van der Waals surface area contributed by atoms with Crippen LogP contribution in [0.15, 0.2) is 176 Å². The van der Waals surface area contributed by atoms with Gasteiger partial charge < -0.3 is 4.90 Å². The lowest BCUT2D eigenvalue weighted by Gasteiger charge is -2.27. The maximum Gasteiger partial charge on any atom is 0.0468 e. The van der Waals surface area contributed by atoms with Crippen LogP contribution in [0.25, 0.3) is 64.0 Å². The molecule has 0 aliphatic carbocycles. The number of anilines is 3. The van der Waals surface area contributed by atoms with Gasteiger partial charge in [0.1, 0.15) is 0 Å². The van der Waals surface area contributed by atoms with Crippen molar-refractivity contribution in [1.82, 2.24) is 0 Å². The van der Waals surface area contributed by atoms with Crippen LogP contribution in [0.3, 0.4) is 0 Å². The Labute approximate surface area is 272 Å². The lowest BCUT2D eigenvalue weighted by molar-refractivity contribution is 1.29. The van der Waals surface area contributed by atoms with E-state index in [0.29, 0.717) is 0 Å². The molecule has 0 amide bonds. The molecular formula is C44H29NS. The summed E-state index contributed by atoms with van der Waals surface area (Å²) in [4.78, 5) is 2.39. The highest BCUT2D eigenvalue weighted by molar-refractivity contribution is 7.26. The molecule has 0 spiro atoms. The average Bonchev–Trinajstić information content (AvgIpc) is 3.52. The highest BCUT2D eigenvalue weighted by Crippen LogP contribution is 2.43. The molecule has 0 saturated carbocycles. The number of thiophene rings is 1. The third-order valence-electron chi connectivity index (χ3n) is 9.02. The summed E-state index contributed by atoms with van der Waals surface area (Å²) in [5.74, 6) is 0. The van der Waals surface area contributed by atoms with Gasteiger partial charge >= 0.3 is 0 Å². The third-order valence-corrected chi connectivity index (χ3v) is 10.2. The van der Waals surface area contributed by atoms with Gasteiger partial charge in [0.05, 0.1) is 0 Å². The predicted molar refractivity (Wildman–Crippen MR) is 200 cm³/mol. The molecule has 0 fully saturated rings. The molecule has 8 aromatic carbocycles. The van der Waals surface area contributed by atoms with Crippen molar-refractivity contribution in [2.75, 3.05) is 4.90 Å². The highest BCUT2D eigenvalue weighted by Gasteiger charge is 2.16. The number of nitrogens with zero attached hydrogens (tertiary/aromatic N) is 1. The Bertz CT molecular complexity index is 2530. The van der Waals surface area contributed by atoms with Gasteiger partial charge in [-0.1, -0.05) is 121 Å². The quantitative estimate of drug-likeness (QED) is 0.189. The molecule has 0 N–H and O–H groups in total. The Morgan fingerprint density at radius 2 is 0.957 bits per heavy atom. The Hall–Kier alpha value is -5.70. The first-order valence-electron chi connectivity index (χ1n) is 15.7. The largest absolute Gasteiger partial charge is 0.310 e. The molecule has 9 rings (SSSR count). The number of benzene rings is 8. The standard InChI is InChI=1S/C44H29NS/c1-2-9-30(10-3-1)35-13-8-14-38(28-35)45(37-23-19-32(20-24-37)36-18-17-31-11-4-5-12-34(31)27-36)39-25-21-33-22-26-43-44(41(33)29-39)40-15-6-7-16-42(40)46-43/h1-29H. The zero-order chi connectivity index (χ0) is 30.5. The second-order valence-corrected chi connectivity index (χ2v) is 12.9. The topological polar surface area (TPSA) is 3.24 Å². The fraction of sp³-hybridized carbons (Fsp3) is 0. The summed E-state index contributed by atoms with van der Waals surface area (Å²) < 4.78 is 2.65. The van der Waals surface area contributed by atoms with Crippen LogP contribution in [0.4, 0.5) is 17.1 Å². The van der Waals surface area contributed by atoms with Gasteiger partial charge in [-0.05, 0) is 98.4 Å². The Balaban J connectivity index is 1.22. The number of hydrogen-bond donors (Lipinski definition) is 0. The maximum atomic E-state index is 2.39. The molecule has 0 bridgehead atoms. The van der Waals surface area contributed by atoms with Gasteiger partial charge in [-0.15, -0.1) is 11.3 Å². The van der Waals surface area contributed by atoms with Crippen molar-refractivity contribution in [2.45, 2.75) is 0 Å². The Morgan fingerprint density at radius 1 is 0.326 bits per heavy atom. The lowest BCUT2D eigenvalue weighted by Crippen LogP contribution is -2.10. The smallest absolute Gasteiger partial charge is 0.0468 e. The van der Waals surface area contributed by atoms with E-state index in [-0.39, 0.29) is 0 Å². The van der Waals surface area contributed by atoms with E-state index >= 15 is 0 Å². The molecule has 0 aliphatic heterocycles. The molecule has 1 heterocycles. The van der Waals surface area contributed by atoms with Crippen molar-refractivity contribution in [3.63, 3.8) is 0 Å². The van der Waals surface area contributed by atoms with Crippen molar-refractivity contribution in [2.24, 2.45) is 0 Å². The minimum atomic E-state index is 1.12. The zero-order valence-electron chi connectivity index (χ0n) is 25.1. The average molecular weight is 604 g/mol. The molecule has 0 aliphatic rings. The van der Waals surface area contributed by atoms with Gasteiger partial charge in [0.15, 0.2) is 0 Å². The number of fused-ring (bicyclic) bond motifs is 6. The van der Waals surface area contributed by atoms with Crippen molar-refractivity contribution < 1.29 is 0 Å². The first kappa shape index (κ1) is 26.7. The van der Waals surface area contributed by atoms with Crippen LogP contribution in [0.5, 0.6) is 0 Å². The Kier molecular flexibility index (Phi) is 6.40. The molecular weight excluding hydrogens is 575 g/mol. The predicted octanol–water partition coefficient (Wildman–Crippen LogP) is 13.2. The van der Waals surface area contributed by atoms with E-state index in [1.807, 2.05) is 11.3 Å². The zero-order valence-corrected chi connectivity index (χ0v) is 25.9. The molecule has 0 unspecified atom stereocenters. The molecule has 9 aromatic rings. The molecule has 2 heteroatoms. The third kappa shape index (κ3) is 4.63. The van der Waals surface area contributed by atoms with E-state index in [2.05, 4.69) is 181 Å². The summed E-state index contributed by atoms with van der Waals surface area (Å²) in [6.45, 7) is 0. The van der Waals surface area contributed by atoms with Gasteiger partial charge in [-0.25, -0.2) is 0 Å². The van der Waals surface area contributed by atoms with Crippen LogP contribution in [0.2, 0.25) is 0 Å². The molecule has 46 heavy (non-hydrogen) atoms. The van der Waals surface area contributed by atoms with Gasteiger partial charge in [-0.3, -0.25) is 0 Å². The fourth-order valence-corrected chi connectivity index (χ4v) is 7.87. The summed E-state index contributed by atoms with van der Waals surface area (Å²) >= 11 is 1.87. The summed E-state index contributed by atoms with van der Waals surface area (Å²) in [5.41, 5.74) is 8.22. The maximum absolute atomic E-state index is 2.39. The fourth-order valence-electron chi connectivity index (χ4n) is 6.74. The number of hydrogen-bond acceptors (Lipinski definition) is 2. The van der Waals surface area contributed by atoms with Crippen LogP contribution < -0.4 is 4.90 Å². The lowest BCUT2D eigenvalue weighted by atomic mass is 10.00. The Morgan fingerprint density at radius 3 is 1.85 bits per heavy atom. The summed E-state index contributed by atoms with van der Waals surface area (Å²) in [6.07, 6.45) is 0. The van der Waals surface area contributed by atoms with Gasteiger partial charge in [0.25, 0.3) is 0 Å². The van der Waals surface area contributed by atoms with Crippen LogP contribution in [-0.4, -0.2) is 0 Å². The van der Waals surface area contributed by atoms with Gasteiger partial charge in [0.2, 0.25) is 0 Å². The van der Waals surface area contributed by atoms with Crippen LogP contribution in [0.1, 0.15) is 0 Å². The molecule has 0 radical (unpaired) electrons. The van der Waals surface area contributed by atoms with E-state index in [9.17, 15) is 0 Å². The minimum absolute atomic E-state index is 1.12. The summed E-state index contributed by atoms with van der Waals surface area (Å²) in [5, 5.41) is 7.71. The summed E-state index contributed by atoms with van der Waals surface area (Å²) in [6, 6.07) is 64.0. The molecule has 0 atom stereocenters. The summed E-state index contributed by atoms with van der Waals surface area (Å²) in [7, 11) is 0. The molecule has 0 saturated heterocycles. The van der Waals surface area contributed by atoms with E-state index < -0.39 is 0 Å². The van der Waals surface area contributed by atoms with Crippen molar-refractivity contribution >= 4 is 70.1 Å². The monoisotopic (exact) mass is 603 g/mol. The van der Waals surface area contributed by atoms with E-state index in [1.54, 1.807) is 0 Å². The second kappa shape index (κ2) is 11.0. The normalized spacial score (nSPS) is 11.5. The SMILES string of the molecule is c1ccc(-c2cccc(N(c3ccc(-c4ccc5ccccc5c4)cc3)c3ccc4ccc5sc6ccccc6c5c4c3)c2)cc1. The van der Waals surface area contributed by atoms with Crippen LogP contribution in [0, 0.1) is 0 Å². The molecule has 216 valence electrons. The molecule has 1 aromatic heterocycles. The van der Waals surface area contributed by atoms with Crippen molar-refractivity contribution in [3.8, 4) is 22.3 Å². The molecule has 1 nitrogen and oxygen atoms in total. The second-order valence-electron chi connectivity index (χ2n) is 11.8. The first-order valence-corrected chi connectivity index (χ1v) is 16.5. The first-order chi connectivity index (χ1) is 22.8. The van der Waals surface area contributed by atoms with E-state index in [0.717, 1.165) is 17.1 Å². The van der Waals surface area contributed by atoms with Gasteiger partial charge in [-0.2, -0.15) is 0 Å². The van der Waals surface area contributed by atoms with E-state index in [1.165, 1.54) is 64.0 Å². The van der Waals surface area contributed by atoms with Crippen molar-refractivity contribution in [1.29, 1.82) is 0 Å². The van der Waals surface area contributed by atoms with Crippen LogP contribution >= 0.6 is 11.3 Å². The van der Waals surface area contributed by atoms with Crippen molar-refractivity contribution in [3.05, 3.63) is 176 Å². The highest BCUT2D eigenvalue weighted by atomic mass is 32.1.